The number of halogens is 1. The Morgan fingerprint density at radius 3 is 3.21 bits per heavy atom. The van der Waals surface area contributed by atoms with E-state index >= 15 is 0 Å². The van der Waals surface area contributed by atoms with Gasteiger partial charge in [-0.15, -0.1) is 11.3 Å². The standard InChI is InChI=1S/C14H17ClN2OS/c1-2-5-16-12-8-18-7-10(12)14-17-11-6-9(15)3-4-13(11)19-14/h3-4,6,10,12,16H,2,5,7-8H2,1H3. The number of rotatable bonds is 4. The van der Waals surface area contributed by atoms with Crippen LogP contribution in [0.3, 0.4) is 0 Å². The molecular weight excluding hydrogens is 280 g/mol. The maximum absolute atomic E-state index is 6.01. The summed E-state index contributed by atoms with van der Waals surface area (Å²) in [6.07, 6.45) is 1.14. The number of nitrogens with one attached hydrogen (secondary N) is 1. The van der Waals surface area contributed by atoms with E-state index in [0.29, 0.717) is 12.0 Å². The van der Waals surface area contributed by atoms with Gasteiger partial charge in [0, 0.05) is 11.1 Å². The van der Waals surface area contributed by atoms with E-state index in [1.807, 2.05) is 18.2 Å². The second-order valence-corrected chi connectivity index (χ2v) is 6.37. The van der Waals surface area contributed by atoms with Gasteiger partial charge in [-0.3, -0.25) is 0 Å². The first-order valence-electron chi connectivity index (χ1n) is 6.65. The zero-order chi connectivity index (χ0) is 13.2. The highest BCUT2D eigenvalue weighted by molar-refractivity contribution is 7.18. The molecule has 102 valence electrons. The molecule has 1 N–H and O–H groups in total. The maximum Gasteiger partial charge on any atom is 0.101 e. The monoisotopic (exact) mass is 296 g/mol. The summed E-state index contributed by atoms with van der Waals surface area (Å²) < 4.78 is 6.81. The first-order valence-corrected chi connectivity index (χ1v) is 7.84. The molecule has 0 saturated carbocycles. The van der Waals surface area contributed by atoms with Gasteiger partial charge in [-0.05, 0) is 31.2 Å². The minimum atomic E-state index is 0.364. The molecule has 5 heteroatoms. The molecule has 1 aromatic heterocycles. The second-order valence-electron chi connectivity index (χ2n) is 4.87. The molecule has 0 bridgehead atoms. The van der Waals surface area contributed by atoms with Crippen LogP contribution in [0.1, 0.15) is 24.3 Å². The summed E-state index contributed by atoms with van der Waals surface area (Å²) >= 11 is 7.76. The Balaban J connectivity index is 1.86. The van der Waals surface area contributed by atoms with E-state index in [2.05, 4.69) is 12.2 Å². The number of hydrogen-bond acceptors (Lipinski definition) is 4. The van der Waals surface area contributed by atoms with Crippen molar-refractivity contribution in [2.75, 3.05) is 19.8 Å². The Labute approximate surface area is 121 Å². The molecule has 3 rings (SSSR count). The molecule has 0 amide bonds. The number of fused-ring (bicyclic) bond motifs is 1. The molecule has 1 fully saturated rings. The molecular formula is C14H17ClN2OS. The number of thiazole rings is 1. The predicted molar refractivity (Wildman–Crippen MR) is 80.3 cm³/mol. The molecule has 2 heterocycles. The minimum absolute atomic E-state index is 0.364. The molecule has 0 radical (unpaired) electrons. The van der Waals surface area contributed by atoms with Crippen LogP contribution < -0.4 is 5.32 Å². The van der Waals surface area contributed by atoms with Crippen molar-refractivity contribution in [2.24, 2.45) is 0 Å². The van der Waals surface area contributed by atoms with Gasteiger partial charge in [0.15, 0.2) is 0 Å². The predicted octanol–water partition coefficient (Wildman–Crippen LogP) is 3.43. The van der Waals surface area contributed by atoms with E-state index in [1.165, 1.54) is 4.70 Å². The Morgan fingerprint density at radius 2 is 2.37 bits per heavy atom. The molecule has 1 aliphatic rings. The van der Waals surface area contributed by atoms with E-state index in [-0.39, 0.29) is 0 Å². The maximum atomic E-state index is 6.01. The quantitative estimate of drug-likeness (QED) is 0.938. The average Bonchev–Trinajstić information content (AvgIpc) is 3.01. The van der Waals surface area contributed by atoms with Gasteiger partial charge in [-0.2, -0.15) is 0 Å². The van der Waals surface area contributed by atoms with E-state index < -0.39 is 0 Å². The Bertz CT molecular complexity index is 572. The van der Waals surface area contributed by atoms with Crippen LogP contribution in [-0.2, 0) is 4.74 Å². The van der Waals surface area contributed by atoms with Crippen LogP contribution in [0.2, 0.25) is 5.02 Å². The van der Waals surface area contributed by atoms with Crippen LogP contribution in [0.5, 0.6) is 0 Å². The summed E-state index contributed by atoms with van der Waals surface area (Å²) in [4.78, 5) is 4.73. The molecule has 19 heavy (non-hydrogen) atoms. The number of hydrogen-bond donors (Lipinski definition) is 1. The zero-order valence-electron chi connectivity index (χ0n) is 10.9. The van der Waals surface area contributed by atoms with Crippen molar-refractivity contribution in [3.05, 3.63) is 28.2 Å². The lowest BCUT2D eigenvalue weighted by atomic mass is 10.0. The largest absolute Gasteiger partial charge is 0.379 e. The molecule has 2 atom stereocenters. The lowest BCUT2D eigenvalue weighted by Gasteiger charge is -2.16. The molecule has 1 aromatic carbocycles. The second kappa shape index (κ2) is 5.75. The lowest BCUT2D eigenvalue weighted by molar-refractivity contribution is 0.187. The van der Waals surface area contributed by atoms with Crippen LogP contribution in [0.15, 0.2) is 18.2 Å². The fourth-order valence-corrected chi connectivity index (χ4v) is 3.67. The highest BCUT2D eigenvalue weighted by Crippen LogP contribution is 2.33. The number of benzene rings is 1. The third kappa shape index (κ3) is 2.77. The third-order valence-corrected chi connectivity index (χ3v) is 4.82. The normalized spacial score (nSPS) is 23.3. The van der Waals surface area contributed by atoms with Crippen molar-refractivity contribution >= 4 is 33.2 Å². The van der Waals surface area contributed by atoms with E-state index in [0.717, 1.165) is 41.7 Å². The Morgan fingerprint density at radius 1 is 1.47 bits per heavy atom. The SMILES string of the molecule is CCCNC1COCC1c1nc2cc(Cl)ccc2s1. The topological polar surface area (TPSA) is 34.1 Å². The van der Waals surface area contributed by atoms with Gasteiger partial charge >= 0.3 is 0 Å². The van der Waals surface area contributed by atoms with Crippen LogP contribution in [0.25, 0.3) is 10.2 Å². The Kier molecular flexibility index (Phi) is 4.03. The molecule has 3 nitrogen and oxygen atoms in total. The number of ether oxygens (including phenoxy) is 1. The summed E-state index contributed by atoms with van der Waals surface area (Å²) in [5.41, 5.74) is 0.994. The summed E-state index contributed by atoms with van der Waals surface area (Å²) in [6, 6.07) is 6.28. The van der Waals surface area contributed by atoms with E-state index in [9.17, 15) is 0 Å². The van der Waals surface area contributed by atoms with Crippen molar-refractivity contribution in [3.8, 4) is 0 Å². The highest BCUT2D eigenvalue weighted by Gasteiger charge is 2.31. The van der Waals surface area contributed by atoms with Crippen molar-refractivity contribution in [2.45, 2.75) is 25.3 Å². The minimum Gasteiger partial charge on any atom is -0.379 e. The van der Waals surface area contributed by atoms with Gasteiger partial charge in [-0.1, -0.05) is 18.5 Å². The van der Waals surface area contributed by atoms with Crippen molar-refractivity contribution < 1.29 is 4.74 Å². The van der Waals surface area contributed by atoms with Gasteiger partial charge in [0.05, 0.1) is 29.3 Å². The van der Waals surface area contributed by atoms with Crippen molar-refractivity contribution in [1.29, 1.82) is 0 Å². The van der Waals surface area contributed by atoms with Gasteiger partial charge in [0.25, 0.3) is 0 Å². The van der Waals surface area contributed by atoms with Gasteiger partial charge in [0.2, 0.25) is 0 Å². The van der Waals surface area contributed by atoms with Crippen molar-refractivity contribution in [3.63, 3.8) is 0 Å². The average molecular weight is 297 g/mol. The third-order valence-electron chi connectivity index (χ3n) is 3.42. The molecule has 0 aliphatic carbocycles. The molecule has 2 unspecified atom stereocenters. The first-order chi connectivity index (χ1) is 9.28. The molecule has 1 saturated heterocycles. The van der Waals surface area contributed by atoms with Crippen LogP contribution >= 0.6 is 22.9 Å². The fraction of sp³-hybridized carbons (Fsp3) is 0.500. The van der Waals surface area contributed by atoms with Gasteiger partial charge in [-0.25, -0.2) is 4.98 Å². The molecule has 0 spiro atoms. The number of nitrogens with zero attached hydrogens (tertiary/aromatic N) is 1. The van der Waals surface area contributed by atoms with Crippen molar-refractivity contribution in [1.82, 2.24) is 10.3 Å². The van der Waals surface area contributed by atoms with Crippen LogP contribution in [0.4, 0.5) is 0 Å². The summed E-state index contributed by atoms with van der Waals surface area (Å²) in [5.74, 6) is 0.364. The van der Waals surface area contributed by atoms with Gasteiger partial charge in [0.1, 0.15) is 5.01 Å². The summed E-state index contributed by atoms with van der Waals surface area (Å²) in [6.45, 7) is 4.75. The van der Waals surface area contributed by atoms with Gasteiger partial charge < -0.3 is 10.1 Å². The number of aromatic nitrogens is 1. The summed E-state index contributed by atoms with van der Waals surface area (Å²) in [5, 5.41) is 5.45. The summed E-state index contributed by atoms with van der Waals surface area (Å²) in [7, 11) is 0. The van der Waals surface area contributed by atoms with E-state index in [1.54, 1.807) is 11.3 Å². The van der Waals surface area contributed by atoms with Crippen LogP contribution in [0, 0.1) is 0 Å². The smallest absolute Gasteiger partial charge is 0.101 e. The fourth-order valence-electron chi connectivity index (χ4n) is 2.41. The Hall–Kier alpha value is -0.680. The molecule has 1 aliphatic heterocycles. The van der Waals surface area contributed by atoms with E-state index in [4.69, 9.17) is 21.3 Å². The lowest BCUT2D eigenvalue weighted by Crippen LogP contribution is -2.34. The first kappa shape index (κ1) is 13.3. The zero-order valence-corrected chi connectivity index (χ0v) is 12.4. The molecule has 2 aromatic rings. The van der Waals surface area contributed by atoms with Crippen LogP contribution in [-0.4, -0.2) is 30.8 Å². The highest BCUT2D eigenvalue weighted by atomic mass is 35.5.